The van der Waals surface area contributed by atoms with Gasteiger partial charge in [-0.05, 0) is 38.1 Å². The van der Waals surface area contributed by atoms with Gasteiger partial charge in [0.05, 0.1) is 6.07 Å². The first-order valence-electron chi connectivity index (χ1n) is 4.02. The van der Waals surface area contributed by atoms with Gasteiger partial charge in [-0.2, -0.15) is 5.26 Å². The molecule has 0 heterocycles. The highest BCUT2D eigenvalue weighted by Gasteiger charge is 2.14. The van der Waals surface area contributed by atoms with Crippen LogP contribution in [0, 0.1) is 11.3 Å². The van der Waals surface area contributed by atoms with E-state index in [0.29, 0.717) is 0 Å². The van der Waals surface area contributed by atoms with Gasteiger partial charge in [-0.3, -0.25) is 0 Å². The average Bonchev–Trinajstić information content (AvgIpc) is 2.09. The number of benzene rings is 1. The number of phenols is 1. The van der Waals surface area contributed by atoms with Crippen molar-refractivity contribution in [3.8, 4) is 11.8 Å². The minimum Gasteiger partial charge on any atom is -0.508 e. The molecule has 0 aliphatic rings. The molecule has 1 aromatic rings. The van der Waals surface area contributed by atoms with E-state index in [2.05, 4.69) is 11.4 Å². The van der Waals surface area contributed by atoms with E-state index < -0.39 is 5.54 Å². The minimum absolute atomic E-state index is 0.223. The standard InChI is InChI=1S/C10H12N2O/c1-10(2,7-11)12-8-3-5-9(13)6-4-8/h3-6,12-13H,1-2H3. The van der Waals surface area contributed by atoms with E-state index in [9.17, 15) is 0 Å². The van der Waals surface area contributed by atoms with Gasteiger partial charge in [-0.1, -0.05) is 0 Å². The number of anilines is 1. The van der Waals surface area contributed by atoms with Crippen molar-refractivity contribution >= 4 is 5.69 Å². The third-order valence-electron chi connectivity index (χ3n) is 1.60. The second-order valence-corrected chi connectivity index (χ2v) is 3.41. The summed E-state index contributed by atoms with van der Waals surface area (Å²) >= 11 is 0. The van der Waals surface area contributed by atoms with Crippen molar-refractivity contribution in [3.05, 3.63) is 24.3 Å². The summed E-state index contributed by atoms with van der Waals surface area (Å²) in [5, 5.41) is 20.8. The molecule has 0 unspecified atom stereocenters. The van der Waals surface area contributed by atoms with E-state index in [1.807, 2.05) is 0 Å². The summed E-state index contributed by atoms with van der Waals surface area (Å²) in [5.74, 6) is 0.223. The fourth-order valence-corrected chi connectivity index (χ4v) is 0.934. The highest BCUT2D eigenvalue weighted by molar-refractivity contribution is 5.49. The van der Waals surface area contributed by atoms with Crippen LogP contribution in [-0.4, -0.2) is 10.6 Å². The highest BCUT2D eigenvalue weighted by Crippen LogP contribution is 2.17. The lowest BCUT2D eigenvalue weighted by Gasteiger charge is -2.18. The molecule has 0 radical (unpaired) electrons. The molecule has 3 nitrogen and oxygen atoms in total. The first-order valence-corrected chi connectivity index (χ1v) is 4.02. The molecule has 1 aromatic carbocycles. The van der Waals surface area contributed by atoms with Crippen molar-refractivity contribution in [2.24, 2.45) is 0 Å². The van der Waals surface area contributed by atoms with Gasteiger partial charge in [0.1, 0.15) is 11.3 Å². The van der Waals surface area contributed by atoms with Crippen LogP contribution in [0.1, 0.15) is 13.8 Å². The van der Waals surface area contributed by atoms with Crippen molar-refractivity contribution in [2.45, 2.75) is 19.4 Å². The van der Waals surface area contributed by atoms with Gasteiger partial charge in [0.15, 0.2) is 0 Å². The molecule has 0 amide bonds. The molecule has 3 heteroatoms. The molecule has 0 aromatic heterocycles. The summed E-state index contributed by atoms with van der Waals surface area (Å²) in [6, 6.07) is 8.75. The number of nitrogens with one attached hydrogen (secondary N) is 1. The maximum Gasteiger partial charge on any atom is 0.119 e. The second-order valence-electron chi connectivity index (χ2n) is 3.41. The van der Waals surface area contributed by atoms with E-state index in [1.165, 1.54) is 0 Å². The monoisotopic (exact) mass is 176 g/mol. The molecule has 0 atom stereocenters. The summed E-state index contributed by atoms with van der Waals surface area (Å²) in [6.45, 7) is 3.58. The van der Waals surface area contributed by atoms with Gasteiger partial charge in [-0.25, -0.2) is 0 Å². The topological polar surface area (TPSA) is 56.0 Å². The van der Waals surface area contributed by atoms with Crippen LogP contribution < -0.4 is 5.32 Å². The SMILES string of the molecule is CC(C)(C#N)Nc1ccc(O)cc1. The van der Waals surface area contributed by atoms with Gasteiger partial charge < -0.3 is 10.4 Å². The summed E-state index contributed by atoms with van der Waals surface area (Å²) < 4.78 is 0. The number of rotatable bonds is 2. The fourth-order valence-electron chi connectivity index (χ4n) is 0.934. The fraction of sp³-hybridized carbons (Fsp3) is 0.300. The largest absolute Gasteiger partial charge is 0.508 e. The van der Waals surface area contributed by atoms with E-state index in [-0.39, 0.29) is 5.75 Å². The summed E-state index contributed by atoms with van der Waals surface area (Å²) in [6.07, 6.45) is 0. The Balaban J connectivity index is 2.77. The van der Waals surface area contributed by atoms with Gasteiger partial charge in [0.2, 0.25) is 0 Å². The van der Waals surface area contributed by atoms with Crippen LogP contribution in [0.5, 0.6) is 5.75 Å². The van der Waals surface area contributed by atoms with Crippen molar-refractivity contribution in [3.63, 3.8) is 0 Å². The molecule has 0 aliphatic carbocycles. The van der Waals surface area contributed by atoms with Gasteiger partial charge in [0.25, 0.3) is 0 Å². The van der Waals surface area contributed by atoms with Crippen LogP contribution in [0.25, 0.3) is 0 Å². The number of hydrogen-bond donors (Lipinski definition) is 2. The Labute approximate surface area is 77.6 Å². The van der Waals surface area contributed by atoms with Crippen LogP contribution in [0.15, 0.2) is 24.3 Å². The van der Waals surface area contributed by atoms with Crippen LogP contribution >= 0.6 is 0 Å². The number of hydrogen-bond acceptors (Lipinski definition) is 3. The van der Waals surface area contributed by atoms with E-state index in [4.69, 9.17) is 10.4 Å². The van der Waals surface area contributed by atoms with E-state index >= 15 is 0 Å². The summed E-state index contributed by atoms with van der Waals surface area (Å²) in [5.41, 5.74) is 0.237. The van der Waals surface area contributed by atoms with Gasteiger partial charge >= 0.3 is 0 Å². The zero-order chi connectivity index (χ0) is 9.90. The Kier molecular flexibility index (Phi) is 2.43. The third kappa shape index (κ3) is 2.68. The maximum atomic E-state index is 9.02. The summed E-state index contributed by atoms with van der Waals surface area (Å²) in [4.78, 5) is 0. The number of phenolic OH excluding ortho intramolecular Hbond substituents is 1. The molecule has 13 heavy (non-hydrogen) atoms. The molecule has 0 bridgehead atoms. The Hall–Kier alpha value is -1.69. The zero-order valence-corrected chi connectivity index (χ0v) is 7.70. The Morgan fingerprint density at radius 2 is 1.85 bits per heavy atom. The smallest absolute Gasteiger partial charge is 0.119 e. The molecule has 0 fully saturated rings. The normalized spacial score (nSPS) is 10.5. The van der Waals surface area contributed by atoms with Crippen molar-refractivity contribution in [2.75, 3.05) is 5.32 Å². The number of aromatic hydroxyl groups is 1. The van der Waals surface area contributed by atoms with Crippen molar-refractivity contribution in [1.82, 2.24) is 0 Å². The predicted molar refractivity (Wildman–Crippen MR) is 51.4 cm³/mol. The molecule has 68 valence electrons. The quantitative estimate of drug-likeness (QED) is 0.678. The Bertz CT molecular complexity index is 322. The minimum atomic E-state index is -0.586. The first-order chi connectivity index (χ1) is 6.03. The van der Waals surface area contributed by atoms with Gasteiger partial charge in [0, 0.05) is 5.69 Å². The molecule has 0 saturated carbocycles. The maximum absolute atomic E-state index is 9.02. The lowest BCUT2D eigenvalue weighted by Crippen LogP contribution is -2.28. The Morgan fingerprint density at radius 3 is 2.31 bits per heavy atom. The van der Waals surface area contributed by atoms with Gasteiger partial charge in [-0.15, -0.1) is 0 Å². The zero-order valence-electron chi connectivity index (χ0n) is 7.70. The molecule has 2 N–H and O–H groups in total. The molecule has 0 saturated heterocycles. The van der Waals surface area contributed by atoms with E-state index in [0.717, 1.165) is 5.69 Å². The van der Waals surface area contributed by atoms with Crippen LogP contribution in [0.3, 0.4) is 0 Å². The van der Waals surface area contributed by atoms with Crippen LogP contribution in [0.2, 0.25) is 0 Å². The van der Waals surface area contributed by atoms with Crippen LogP contribution in [0.4, 0.5) is 5.69 Å². The highest BCUT2D eigenvalue weighted by atomic mass is 16.3. The summed E-state index contributed by atoms with van der Waals surface area (Å²) in [7, 11) is 0. The van der Waals surface area contributed by atoms with Crippen LogP contribution in [-0.2, 0) is 0 Å². The predicted octanol–water partition coefficient (Wildman–Crippen LogP) is 2.11. The Morgan fingerprint density at radius 1 is 1.31 bits per heavy atom. The molecule has 1 rings (SSSR count). The second kappa shape index (κ2) is 3.36. The number of nitriles is 1. The van der Waals surface area contributed by atoms with E-state index in [1.54, 1.807) is 38.1 Å². The lowest BCUT2D eigenvalue weighted by atomic mass is 10.1. The molecular weight excluding hydrogens is 164 g/mol. The first kappa shape index (κ1) is 9.40. The average molecular weight is 176 g/mol. The third-order valence-corrected chi connectivity index (χ3v) is 1.60. The lowest BCUT2D eigenvalue weighted by molar-refractivity contribution is 0.475. The molecule has 0 spiro atoms. The van der Waals surface area contributed by atoms with Crippen molar-refractivity contribution < 1.29 is 5.11 Å². The van der Waals surface area contributed by atoms with Crippen molar-refractivity contribution in [1.29, 1.82) is 5.26 Å². The number of nitrogens with zero attached hydrogens (tertiary/aromatic N) is 1. The molecular formula is C10H12N2O. The molecule has 0 aliphatic heterocycles.